The molecule has 0 saturated carbocycles. The van der Waals surface area contributed by atoms with Crippen molar-refractivity contribution in [2.75, 3.05) is 44.1 Å². The number of carboxylic acids is 1. The molecule has 8 heteroatoms. The lowest BCUT2D eigenvalue weighted by atomic mass is 9.97. The molecule has 1 saturated heterocycles. The second kappa shape index (κ2) is 9.25. The molecule has 1 fully saturated rings. The molecular formula is C20H26N4O4. The summed E-state index contributed by atoms with van der Waals surface area (Å²) in [5, 5.41) is 12.4. The minimum atomic E-state index is -0.708. The van der Waals surface area contributed by atoms with Gasteiger partial charge in [-0.05, 0) is 37.0 Å². The quantitative estimate of drug-likeness (QED) is 0.714. The van der Waals surface area contributed by atoms with Gasteiger partial charge >= 0.3 is 5.97 Å². The summed E-state index contributed by atoms with van der Waals surface area (Å²) in [5.74, 6) is 2.05. The van der Waals surface area contributed by atoms with E-state index in [-0.39, 0.29) is 5.92 Å². The van der Waals surface area contributed by atoms with E-state index in [4.69, 9.17) is 14.6 Å². The maximum Gasteiger partial charge on any atom is 0.306 e. The number of piperidine rings is 1. The Morgan fingerprint density at radius 2 is 1.93 bits per heavy atom. The van der Waals surface area contributed by atoms with E-state index < -0.39 is 5.97 Å². The second-order valence-corrected chi connectivity index (χ2v) is 6.73. The summed E-state index contributed by atoms with van der Waals surface area (Å²) in [5.41, 5.74) is 1.13. The number of benzene rings is 1. The Bertz CT molecular complexity index is 807. The number of ether oxygens (including phenoxy) is 2. The van der Waals surface area contributed by atoms with Gasteiger partial charge in [0.25, 0.3) is 0 Å². The Morgan fingerprint density at radius 3 is 2.61 bits per heavy atom. The summed E-state index contributed by atoms with van der Waals surface area (Å²) >= 11 is 0. The van der Waals surface area contributed by atoms with Gasteiger partial charge in [-0.1, -0.05) is 6.07 Å². The smallest absolute Gasteiger partial charge is 0.306 e. The topological polar surface area (TPSA) is 96.8 Å². The molecule has 2 aromatic rings. The summed E-state index contributed by atoms with van der Waals surface area (Å²) in [6.07, 6.45) is 3.63. The van der Waals surface area contributed by atoms with Gasteiger partial charge in [0.05, 0.1) is 20.1 Å². The molecule has 28 heavy (non-hydrogen) atoms. The molecule has 0 unspecified atom stereocenters. The first-order valence-electron chi connectivity index (χ1n) is 9.35. The molecule has 0 aliphatic carbocycles. The fraction of sp³-hybridized carbons (Fsp3) is 0.450. The lowest BCUT2D eigenvalue weighted by molar-refractivity contribution is -0.142. The number of nitrogens with zero attached hydrogens (tertiary/aromatic N) is 3. The van der Waals surface area contributed by atoms with Crippen molar-refractivity contribution in [1.29, 1.82) is 0 Å². The van der Waals surface area contributed by atoms with Crippen molar-refractivity contribution in [3.63, 3.8) is 0 Å². The van der Waals surface area contributed by atoms with E-state index in [0.29, 0.717) is 44.0 Å². The van der Waals surface area contributed by atoms with Crippen LogP contribution in [0.3, 0.4) is 0 Å². The van der Waals surface area contributed by atoms with Crippen molar-refractivity contribution < 1.29 is 19.4 Å². The van der Waals surface area contributed by atoms with Crippen LogP contribution in [0.15, 0.2) is 30.6 Å². The van der Waals surface area contributed by atoms with Crippen molar-refractivity contribution in [3.05, 3.63) is 36.2 Å². The molecule has 0 amide bonds. The lowest BCUT2D eigenvalue weighted by Gasteiger charge is -2.31. The van der Waals surface area contributed by atoms with Crippen LogP contribution in [0.2, 0.25) is 0 Å². The summed E-state index contributed by atoms with van der Waals surface area (Å²) < 4.78 is 10.6. The van der Waals surface area contributed by atoms with Crippen LogP contribution in [-0.2, 0) is 11.2 Å². The molecule has 8 nitrogen and oxygen atoms in total. The van der Waals surface area contributed by atoms with Crippen LogP contribution < -0.4 is 19.7 Å². The van der Waals surface area contributed by atoms with Crippen molar-refractivity contribution in [2.24, 2.45) is 5.92 Å². The Morgan fingerprint density at radius 1 is 1.18 bits per heavy atom. The zero-order valence-electron chi connectivity index (χ0n) is 16.2. The highest BCUT2D eigenvalue weighted by atomic mass is 16.5. The third-order valence-electron chi connectivity index (χ3n) is 4.99. The number of aromatic nitrogens is 2. The highest BCUT2D eigenvalue weighted by Crippen LogP contribution is 2.28. The number of hydrogen-bond acceptors (Lipinski definition) is 7. The number of carboxylic acid groups (broad SMARTS) is 1. The highest BCUT2D eigenvalue weighted by molar-refractivity contribution is 5.70. The summed E-state index contributed by atoms with van der Waals surface area (Å²) in [4.78, 5) is 21.8. The minimum absolute atomic E-state index is 0.253. The number of carbonyl (C=O) groups is 1. The molecule has 2 N–H and O–H groups in total. The molecule has 0 atom stereocenters. The molecule has 3 rings (SSSR count). The highest BCUT2D eigenvalue weighted by Gasteiger charge is 2.25. The fourth-order valence-electron chi connectivity index (χ4n) is 3.34. The molecule has 1 aliphatic rings. The van der Waals surface area contributed by atoms with Crippen molar-refractivity contribution in [2.45, 2.75) is 19.3 Å². The van der Waals surface area contributed by atoms with Gasteiger partial charge in [0.2, 0.25) is 0 Å². The summed E-state index contributed by atoms with van der Waals surface area (Å²) in [6, 6.07) is 7.80. The summed E-state index contributed by atoms with van der Waals surface area (Å²) in [7, 11) is 3.25. The Hall–Kier alpha value is -3.03. The van der Waals surface area contributed by atoms with Crippen LogP contribution >= 0.6 is 0 Å². The molecule has 150 valence electrons. The average molecular weight is 386 g/mol. The van der Waals surface area contributed by atoms with E-state index >= 15 is 0 Å². The Kier molecular flexibility index (Phi) is 6.52. The van der Waals surface area contributed by atoms with Crippen LogP contribution in [0.1, 0.15) is 18.4 Å². The molecular weight excluding hydrogens is 360 g/mol. The van der Waals surface area contributed by atoms with Gasteiger partial charge in [-0.3, -0.25) is 4.79 Å². The molecule has 2 heterocycles. The number of rotatable bonds is 8. The van der Waals surface area contributed by atoms with Gasteiger partial charge < -0.3 is 24.8 Å². The number of anilines is 2. The molecule has 1 aromatic carbocycles. The van der Waals surface area contributed by atoms with Crippen LogP contribution in [0, 0.1) is 5.92 Å². The van der Waals surface area contributed by atoms with Crippen LogP contribution in [0.5, 0.6) is 11.5 Å². The van der Waals surface area contributed by atoms with Gasteiger partial charge in [-0.15, -0.1) is 0 Å². The van der Waals surface area contributed by atoms with Crippen molar-refractivity contribution in [1.82, 2.24) is 9.97 Å². The maximum atomic E-state index is 11.1. The van der Waals surface area contributed by atoms with E-state index in [1.165, 1.54) is 6.33 Å². The first kappa shape index (κ1) is 19.7. The largest absolute Gasteiger partial charge is 0.493 e. The van der Waals surface area contributed by atoms with Gasteiger partial charge in [-0.2, -0.15) is 0 Å². The zero-order chi connectivity index (χ0) is 19.9. The van der Waals surface area contributed by atoms with Crippen molar-refractivity contribution >= 4 is 17.6 Å². The molecule has 0 spiro atoms. The molecule has 0 radical (unpaired) electrons. The van der Waals surface area contributed by atoms with E-state index in [1.807, 2.05) is 24.3 Å². The third kappa shape index (κ3) is 4.82. The third-order valence-corrected chi connectivity index (χ3v) is 4.99. The Balaban J connectivity index is 1.55. The lowest BCUT2D eigenvalue weighted by Crippen LogP contribution is -2.36. The average Bonchev–Trinajstić information content (AvgIpc) is 2.74. The monoisotopic (exact) mass is 386 g/mol. The molecule has 0 bridgehead atoms. The fourth-order valence-corrected chi connectivity index (χ4v) is 3.34. The standard InChI is InChI=1S/C20H26N4O4/c1-27-16-4-3-14(11-17(16)28-2)5-8-21-18-12-19(23-13-22-18)24-9-6-15(7-10-24)20(25)26/h3-4,11-13,15H,5-10H2,1-2H3,(H,25,26)(H,21,22,23). The van der Waals surface area contributed by atoms with Crippen molar-refractivity contribution in [3.8, 4) is 11.5 Å². The van der Waals surface area contributed by atoms with Gasteiger partial charge in [0.15, 0.2) is 11.5 Å². The van der Waals surface area contributed by atoms with E-state index in [0.717, 1.165) is 23.6 Å². The Labute approximate surface area is 164 Å². The van der Waals surface area contributed by atoms with Gasteiger partial charge in [0, 0.05) is 25.7 Å². The number of hydrogen-bond donors (Lipinski definition) is 2. The number of methoxy groups -OCH3 is 2. The first-order valence-corrected chi connectivity index (χ1v) is 9.35. The predicted molar refractivity (Wildman–Crippen MR) is 106 cm³/mol. The molecule has 1 aliphatic heterocycles. The van der Waals surface area contributed by atoms with E-state index in [9.17, 15) is 4.79 Å². The zero-order valence-corrected chi connectivity index (χ0v) is 16.2. The first-order chi connectivity index (χ1) is 13.6. The minimum Gasteiger partial charge on any atom is -0.493 e. The molecule has 1 aromatic heterocycles. The number of nitrogens with one attached hydrogen (secondary N) is 1. The van der Waals surface area contributed by atoms with E-state index in [1.54, 1.807) is 14.2 Å². The van der Waals surface area contributed by atoms with Gasteiger partial charge in [0.1, 0.15) is 18.0 Å². The van der Waals surface area contributed by atoms with Crippen LogP contribution in [0.4, 0.5) is 11.6 Å². The van der Waals surface area contributed by atoms with Crippen LogP contribution in [0.25, 0.3) is 0 Å². The number of aliphatic carboxylic acids is 1. The van der Waals surface area contributed by atoms with Gasteiger partial charge in [-0.25, -0.2) is 9.97 Å². The predicted octanol–water partition coefficient (Wildman–Crippen LogP) is 2.45. The normalized spacial score (nSPS) is 14.6. The second-order valence-electron chi connectivity index (χ2n) is 6.73. The van der Waals surface area contributed by atoms with Crippen LogP contribution in [-0.4, -0.2) is 54.9 Å². The van der Waals surface area contributed by atoms with E-state index in [2.05, 4.69) is 20.2 Å². The SMILES string of the molecule is COc1ccc(CCNc2cc(N3CCC(C(=O)O)CC3)ncn2)cc1OC. The summed E-state index contributed by atoms with van der Waals surface area (Å²) in [6.45, 7) is 2.10. The maximum absolute atomic E-state index is 11.1.